The van der Waals surface area contributed by atoms with Crippen molar-refractivity contribution >= 4 is 0 Å². The van der Waals surface area contributed by atoms with E-state index in [1.807, 2.05) is 0 Å². The number of ether oxygens (including phenoxy) is 2. The number of aromatic nitrogens is 5. The molecule has 0 saturated heterocycles. The van der Waals surface area contributed by atoms with Crippen LogP contribution in [0.5, 0.6) is 23.3 Å². The molecule has 13 heteroatoms. The largest absolute Gasteiger partial charge is 0.495 e. The van der Waals surface area contributed by atoms with Crippen LogP contribution in [0.15, 0.2) is 92.2 Å². The summed E-state index contributed by atoms with van der Waals surface area (Å²) in [5.74, 6) is -2.73. The van der Waals surface area contributed by atoms with E-state index < -0.39 is 51.3 Å². The lowest BCUT2D eigenvalue weighted by Crippen LogP contribution is -2.36. The minimum Gasteiger partial charge on any atom is -0.495 e. The summed E-state index contributed by atoms with van der Waals surface area (Å²) in [4.78, 5) is 61.0. The molecule has 3 heterocycles. The number of methoxy groups -OCH3 is 2. The van der Waals surface area contributed by atoms with Crippen LogP contribution >= 0.6 is 0 Å². The van der Waals surface area contributed by atoms with Gasteiger partial charge in [0.2, 0.25) is 11.8 Å². The maximum atomic E-state index is 13.4. The van der Waals surface area contributed by atoms with Gasteiger partial charge in [0.25, 0.3) is 11.1 Å². The highest BCUT2D eigenvalue weighted by Crippen LogP contribution is 2.38. The predicted octanol–water partition coefficient (Wildman–Crippen LogP) is 1.37. The summed E-state index contributed by atoms with van der Waals surface area (Å²) < 4.78 is 12.3. The summed E-state index contributed by atoms with van der Waals surface area (Å²) in [7, 11) is 2.73. The molecule has 208 valence electrons. The smallest absolute Gasteiger partial charge is 0.335 e. The molecule has 0 bridgehead atoms. The SMILES string of the molecule is COc1ccccc1-n1c(O)c(C(c2ccncc2)c2c(O)n(-c3ccccc3OC)c(=O)[nH]c2=O)c(=O)[nH]c1=O. The molecule has 4 N–H and O–H groups in total. The number of rotatable bonds is 7. The van der Waals surface area contributed by atoms with Crippen molar-refractivity contribution in [2.24, 2.45) is 0 Å². The van der Waals surface area contributed by atoms with Crippen molar-refractivity contribution in [1.29, 1.82) is 0 Å². The van der Waals surface area contributed by atoms with Gasteiger partial charge in [-0.25, -0.2) is 18.7 Å². The first-order valence-electron chi connectivity index (χ1n) is 12.1. The number of nitrogens with zero attached hydrogens (tertiary/aromatic N) is 3. The fraction of sp³-hybridized carbons (Fsp3) is 0.107. The van der Waals surface area contributed by atoms with Crippen LogP contribution in [0, 0.1) is 0 Å². The third-order valence-electron chi connectivity index (χ3n) is 6.51. The summed E-state index contributed by atoms with van der Waals surface area (Å²) in [5, 5.41) is 23.0. The van der Waals surface area contributed by atoms with Crippen LogP contribution in [-0.2, 0) is 0 Å². The highest BCUT2D eigenvalue weighted by atomic mass is 16.5. The zero-order valence-electron chi connectivity index (χ0n) is 21.7. The van der Waals surface area contributed by atoms with Crippen LogP contribution < -0.4 is 32.0 Å². The first-order valence-corrected chi connectivity index (χ1v) is 12.1. The summed E-state index contributed by atoms with van der Waals surface area (Å²) in [6.07, 6.45) is 2.76. The van der Waals surface area contributed by atoms with Gasteiger partial charge < -0.3 is 19.7 Å². The second-order valence-electron chi connectivity index (χ2n) is 8.72. The number of aromatic amines is 2. The Morgan fingerprint density at radius 1 is 0.683 bits per heavy atom. The van der Waals surface area contributed by atoms with E-state index in [4.69, 9.17) is 9.47 Å². The molecule has 0 saturated carbocycles. The van der Waals surface area contributed by atoms with E-state index in [0.717, 1.165) is 9.13 Å². The number of aromatic hydroxyl groups is 2. The van der Waals surface area contributed by atoms with Crippen molar-refractivity contribution in [2.45, 2.75) is 5.92 Å². The van der Waals surface area contributed by atoms with Crippen LogP contribution in [0.25, 0.3) is 11.4 Å². The van der Waals surface area contributed by atoms with Gasteiger partial charge in [-0.05, 0) is 42.0 Å². The molecule has 13 nitrogen and oxygen atoms in total. The van der Waals surface area contributed by atoms with Crippen LogP contribution in [-0.4, -0.2) is 48.5 Å². The lowest BCUT2D eigenvalue weighted by molar-refractivity contribution is 0.394. The molecule has 0 amide bonds. The fourth-order valence-corrected chi connectivity index (χ4v) is 4.71. The molecule has 5 rings (SSSR count). The van der Waals surface area contributed by atoms with Crippen LogP contribution in [0.1, 0.15) is 22.6 Å². The number of para-hydroxylation sites is 4. The maximum Gasteiger partial charge on any atom is 0.335 e. The molecular formula is C28H23N5O8. The van der Waals surface area contributed by atoms with Gasteiger partial charge in [-0.2, -0.15) is 0 Å². The Bertz CT molecular complexity index is 1870. The number of pyridine rings is 1. The number of hydrogen-bond acceptors (Lipinski definition) is 9. The van der Waals surface area contributed by atoms with E-state index >= 15 is 0 Å². The van der Waals surface area contributed by atoms with E-state index in [1.54, 1.807) is 36.4 Å². The second kappa shape index (κ2) is 10.7. The molecule has 0 unspecified atom stereocenters. The number of benzene rings is 2. The molecule has 0 aliphatic carbocycles. The van der Waals surface area contributed by atoms with Crippen molar-refractivity contribution in [2.75, 3.05) is 14.2 Å². The van der Waals surface area contributed by atoms with Crippen molar-refractivity contribution in [1.82, 2.24) is 24.1 Å². The average molecular weight is 558 g/mol. The van der Waals surface area contributed by atoms with Crippen LogP contribution in [0.4, 0.5) is 0 Å². The Balaban J connectivity index is 1.90. The molecule has 2 aromatic carbocycles. The van der Waals surface area contributed by atoms with Gasteiger partial charge in [0.15, 0.2) is 0 Å². The summed E-state index contributed by atoms with van der Waals surface area (Å²) in [6, 6.07) is 15.5. The van der Waals surface area contributed by atoms with Gasteiger partial charge in [-0.1, -0.05) is 24.3 Å². The average Bonchev–Trinajstić information content (AvgIpc) is 2.97. The Morgan fingerprint density at radius 2 is 1.10 bits per heavy atom. The second-order valence-corrected chi connectivity index (χ2v) is 8.72. The van der Waals surface area contributed by atoms with Gasteiger partial charge in [0.05, 0.1) is 42.6 Å². The molecule has 0 spiro atoms. The van der Waals surface area contributed by atoms with E-state index in [2.05, 4.69) is 15.0 Å². The van der Waals surface area contributed by atoms with Gasteiger partial charge >= 0.3 is 11.4 Å². The highest BCUT2D eigenvalue weighted by molar-refractivity contribution is 5.55. The minimum atomic E-state index is -1.49. The molecule has 0 aliphatic rings. The quantitative estimate of drug-likeness (QED) is 0.230. The summed E-state index contributed by atoms with van der Waals surface area (Å²) in [6.45, 7) is 0. The standard InChI is InChI=1S/C28H23N5O8/c1-40-18-9-5-3-7-16(18)32-25(36)21(23(34)30-27(32)38)20(15-11-13-29-14-12-15)22-24(35)31-28(39)33(26(22)37)17-8-4-6-10-19(17)41-2/h3-14,20,36-37H,1-2H3,(H,30,34,38)(H,31,35,39). The minimum absolute atomic E-state index is 0.0978. The Morgan fingerprint density at radius 3 is 1.51 bits per heavy atom. The van der Waals surface area contributed by atoms with Crippen molar-refractivity contribution < 1.29 is 19.7 Å². The molecule has 0 radical (unpaired) electrons. The zero-order valence-corrected chi connectivity index (χ0v) is 21.7. The number of hydrogen-bond donors (Lipinski definition) is 4. The van der Waals surface area contributed by atoms with Crippen LogP contribution in [0.2, 0.25) is 0 Å². The molecule has 41 heavy (non-hydrogen) atoms. The molecule has 3 aromatic heterocycles. The Labute approximate surface area is 230 Å². The van der Waals surface area contributed by atoms with Crippen molar-refractivity contribution in [3.63, 3.8) is 0 Å². The molecule has 5 aromatic rings. The first-order chi connectivity index (χ1) is 19.8. The lowest BCUT2D eigenvalue weighted by atomic mass is 9.87. The maximum absolute atomic E-state index is 13.4. The van der Waals surface area contributed by atoms with E-state index in [9.17, 15) is 29.4 Å². The van der Waals surface area contributed by atoms with Crippen LogP contribution in [0.3, 0.4) is 0 Å². The third kappa shape index (κ3) is 4.54. The van der Waals surface area contributed by atoms with Crippen molar-refractivity contribution in [3.05, 3.63) is 131 Å². The third-order valence-corrected chi connectivity index (χ3v) is 6.51. The molecule has 0 fully saturated rings. The number of H-pyrrole nitrogens is 2. The molecule has 0 atom stereocenters. The van der Waals surface area contributed by atoms with Gasteiger partial charge in [-0.3, -0.25) is 24.5 Å². The molecular weight excluding hydrogens is 534 g/mol. The topological polar surface area (TPSA) is 182 Å². The first kappa shape index (κ1) is 26.7. The van der Waals surface area contributed by atoms with E-state index in [-0.39, 0.29) is 28.4 Å². The normalized spacial score (nSPS) is 11.0. The van der Waals surface area contributed by atoms with Gasteiger partial charge in [0.1, 0.15) is 11.5 Å². The molecule has 0 aliphatic heterocycles. The summed E-state index contributed by atoms with van der Waals surface area (Å²) >= 11 is 0. The Kier molecular flexibility index (Phi) is 7.00. The van der Waals surface area contributed by atoms with E-state index in [1.165, 1.54) is 50.9 Å². The van der Waals surface area contributed by atoms with Gasteiger partial charge in [0, 0.05) is 12.4 Å². The zero-order chi connectivity index (χ0) is 29.3. The monoisotopic (exact) mass is 557 g/mol. The summed E-state index contributed by atoms with van der Waals surface area (Å²) in [5.41, 5.74) is -4.53. The fourth-order valence-electron chi connectivity index (χ4n) is 4.71. The lowest BCUT2D eigenvalue weighted by Gasteiger charge is -2.22. The Hall–Kier alpha value is -5.85. The van der Waals surface area contributed by atoms with E-state index in [0.29, 0.717) is 0 Å². The number of nitrogens with one attached hydrogen (secondary N) is 2. The highest BCUT2D eigenvalue weighted by Gasteiger charge is 2.33. The van der Waals surface area contributed by atoms with Crippen molar-refractivity contribution in [3.8, 4) is 34.6 Å². The predicted molar refractivity (Wildman–Crippen MR) is 147 cm³/mol. The van der Waals surface area contributed by atoms with Gasteiger partial charge in [-0.15, -0.1) is 0 Å².